The maximum absolute atomic E-state index is 14.1. The first-order valence-corrected chi connectivity index (χ1v) is 14.2. The summed E-state index contributed by atoms with van der Waals surface area (Å²) >= 11 is 0. The summed E-state index contributed by atoms with van der Waals surface area (Å²) in [5.41, 5.74) is 2.86. The van der Waals surface area contributed by atoms with Gasteiger partial charge in [-0.1, -0.05) is 30.7 Å². The molecule has 1 heterocycles. The predicted octanol–water partition coefficient (Wildman–Crippen LogP) is 5.27. The molecule has 2 amide bonds. The number of benzene rings is 2. The Bertz CT molecular complexity index is 1660. The molecule has 1 saturated heterocycles. The number of hydrogen-bond acceptors (Lipinski definition) is 7. The predicted molar refractivity (Wildman–Crippen MR) is 154 cm³/mol. The molecule has 6 atom stereocenters. The van der Waals surface area contributed by atoms with Crippen LogP contribution < -0.4 is 4.90 Å². The quantitative estimate of drug-likeness (QED) is 0.231. The minimum atomic E-state index is -1.10. The Morgan fingerprint density at radius 1 is 0.929 bits per heavy atom. The van der Waals surface area contributed by atoms with E-state index >= 15 is 0 Å². The zero-order valence-corrected chi connectivity index (χ0v) is 24.1. The van der Waals surface area contributed by atoms with Gasteiger partial charge in [0.1, 0.15) is 5.75 Å². The first kappa shape index (κ1) is 27.8. The van der Waals surface area contributed by atoms with Crippen molar-refractivity contribution in [3.63, 3.8) is 0 Å². The standard InChI is InChI=1S/C33H32N2O7/c1-15-12-19(13-16(2)28(15)36)27-22-10-11-23-26(24(22)14-25-29(37)17(3)18(4)30(38)33(25,27)5)32(40)34(31(23)39)20-6-8-21(9-7-20)35(41)42/h6-10,12-13,23-27,36H,11,14H2,1-5H3/t23-,24+,25-,26-,27-,33+/m0/s1. The number of allylic oxidation sites excluding steroid dienone is 4. The summed E-state index contributed by atoms with van der Waals surface area (Å²) < 4.78 is 0. The van der Waals surface area contributed by atoms with Crippen LogP contribution in [-0.2, 0) is 19.2 Å². The number of rotatable bonds is 3. The Morgan fingerprint density at radius 2 is 1.55 bits per heavy atom. The number of imide groups is 1. The smallest absolute Gasteiger partial charge is 0.269 e. The number of ketones is 2. The highest BCUT2D eigenvalue weighted by atomic mass is 16.6. The molecule has 0 radical (unpaired) electrons. The molecule has 2 aromatic rings. The monoisotopic (exact) mass is 568 g/mol. The van der Waals surface area contributed by atoms with Crippen LogP contribution in [0.1, 0.15) is 56.2 Å². The first-order valence-electron chi connectivity index (χ1n) is 14.2. The summed E-state index contributed by atoms with van der Waals surface area (Å²) in [4.78, 5) is 67.5. The third-order valence-corrected chi connectivity index (χ3v) is 10.3. The number of amides is 2. The Morgan fingerprint density at radius 3 is 2.14 bits per heavy atom. The van der Waals surface area contributed by atoms with Crippen LogP contribution in [0.4, 0.5) is 11.4 Å². The molecule has 1 aliphatic heterocycles. The van der Waals surface area contributed by atoms with Crippen molar-refractivity contribution in [1.29, 1.82) is 0 Å². The number of carbonyl (C=O) groups excluding carboxylic acids is 4. The average molecular weight is 569 g/mol. The van der Waals surface area contributed by atoms with Crippen molar-refractivity contribution in [2.45, 2.75) is 53.4 Å². The minimum Gasteiger partial charge on any atom is -0.507 e. The molecule has 0 aromatic heterocycles. The molecule has 0 unspecified atom stereocenters. The normalized spacial score (nSPS) is 30.6. The molecular formula is C33H32N2O7. The fraction of sp³-hybridized carbons (Fsp3) is 0.394. The zero-order chi connectivity index (χ0) is 30.4. The van der Waals surface area contributed by atoms with E-state index in [0.717, 1.165) is 16.0 Å². The second kappa shape index (κ2) is 9.31. The van der Waals surface area contributed by atoms with Crippen molar-refractivity contribution in [2.24, 2.45) is 29.1 Å². The highest BCUT2D eigenvalue weighted by molar-refractivity contribution is 6.22. The second-order valence-electron chi connectivity index (χ2n) is 12.4. The molecular weight excluding hydrogens is 536 g/mol. The van der Waals surface area contributed by atoms with E-state index in [4.69, 9.17) is 0 Å². The molecule has 9 heteroatoms. The summed E-state index contributed by atoms with van der Waals surface area (Å²) in [6, 6.07) is 9.05. The first-order chi connectivity index (χ1) is 19.8. The highest BCUT2D eigenvalue weighted by Crippen LogP contribution is 2.63. The van der Waals surface area contributed by atoms with Crippen LogP contribution in [0.15, 0.2) is 59.2 Å². The number of aromatic hydroxyl groups is 1. The van der Waals surface area contributed by atoms with Crippen molar-refractivity contribution in [3.05, 3.63) is 86.0 Å². The summed E-state index contributed by atoms with van der Waals surface area (Å²) in [7, 11) is 0. The van der Waals surface area contributed by atoms with E-state index in [9.17, 15) is 34.4 Å². The topological polar surface area (TPSA) is 135 Å². The molecule has 2 aromatic carbocycles. The Kier molecular flexibility index (Phi) is 6.15. The van der Waals surface area contributed by atoms with Gasteiger partial charge in [0.15, 0.2) is 11.6 Å². The van der Waals surface area contributed by atoms with Gasteiger partial charge in [-0.3, -0.25) is 34.2 Å². The van der Waals surface area contributed by atoms with Crippen LogP contribution in [0.2, 0.25) is 0 Å². The fourth-order valence-electron chi connectivity index (χ4n) is 8.09. The molecule has 4 aliphatic rings. The molecule has 1 N–H and O–H groups in total. The van der Waals surface area contributed by atoms with Gasteiger partial charge in [0, 0.05) is 24.0 Å². The van der Waals surface area contributed by atoms with Gasteiger partial charge >= 0.3 is 0 Å². The number of nitrogens with zero attached hydrogens (tertiary/aromatic N) is 2. The number of fused-ring (bicyclic) bond motifs is 4. The van der Waals surface area contributed by atoms with Gasteiger partial charge in [-0.2, -0.15) is 0 Å². The number of phenolic OH excluding ortho intramolecular Hbond substituents is 1. The number of nitro benzene ring substituents is 1. The van der Waals surface area contributed by atoms with Crippen molar-refractivity contribution in [1.82, 2.24) is 0 Å². The van der Waals surface area contributed by atoms with Crippen LogP contribution in [0, 0.1) is 53.0 Å². The third kappa shape index (κ3) is 3.61. The lowest BCUT2D eigenvalue weighted by Crippen LogP contribution is -2.55. The van der Waals surface area contributed by atoms with E-state index in [2.05, 4.69) is 0 Å². The molecule has 42 heavy (non-hydrogen) atoms. The molecule has 3 aliphatic carbocycles. The van der Waals surface area contributed by atoms with Crippen molar-refractivity contribution >= 4 is 34.8 Å². The lowest BCUT2D eigenvalue weighted by Gasteiger charge is -2.54. The van der Waals surface area contributed by atoms with Gasteiger partial charge in [-0.05, 0) is 86.4 Å². The number of anilines is 1. The lowest BCUT2D eigenvalue weighted by atomic mass is 9.46. The minimum absolute atomic E-state index is 0.0965. The third-order valence-electron chi connectivity index (χ3n) is 10.3. The van der Waals surface area contributed by atoms with Crippen molar-refractivity contribution < 1.29 is 29.2 Å². The number of non-ortho nitro benzene ring substituents is 1. The highest BCUT2D eigenvalue weighted by Gasteiger charge is 2.64. The summed E-state index contributed by atoms with van der Waals surface area (Å²) in [6.07, 6.45) is 2.55. The van der Waals surface area contributed by atoms with E-state index in [1.807, 2.05) is 25.1 Å². The number of carbonyl (C=O) groups is 4. The van der Waals surface area contributed by atoms with Gasteiger partial charge in [0.2, 0.25) is 11.8 Å². The second-order valence-corrected chi connectivity index (χ2v) is 12.4. The molecule has 6 rings (SSSR count). The van der Waals surface area contributed by atoms with Gasteiger partial charge < -0.3 is 5.11 Å². The molecule has 0 spiro atoms. The summed E-state index contributed by atoms with van der Waals surface area (Å²) in [6.45, 7) is 8.81. The Balaban J connectivity index is 1.50. The van der Waals surface area contributed by atoms with E-state index in [-0.39, 0.29) is 41.0 Å². The van der Waals surface area contributed by atoms with E-state index < -0.39 is 45.8 Å². The SMILES string of the molecule is CC1=C(C)C(=O)[C@@]2(C)[C@@H](c3cc(C)c(O)c(C)c3)C3=CC[C@@H]4C(=O)N(c5ccc([N+](=O)[O-])cc5)C(=O)[C@@H]4[C@@H]3C[C@H]2C1=O. The maximum atomic E-state index is 14.1. The van der Waals surface area contributed by atoms with Crippen LogP contribution in [0.25, 0.3) is 0 Å². The van der Waals surface area contributed by atoms with Gasteiger partial charge in [-0.25, -0.2) is 0 Å². The molecule has 9 nitrogen and oxygen atoms in total. The van der Waals surface area contributed by atoms with Crippen LogP contribution in [-0.4, -0.2) is 33.4 Å². The Hall–Kier alpha value is -4.40. The number of Topliss-reactive ketones (excluding diaryl/α,β-unsaturated/α-hetero) is 2. The summed E-state index contributed by atoms with van der Waals surface area (Å²) in [5.74, 6) is -3.85. The van der Waals surface area contributed by atoms with Gasteiger partial charge in [-0.15, -0.1) is 0 Å². The molecule has 0 bridgehead atoms. The summed E-state index contributed by atoms with van der Waals surface area (Å²) in [5, 5.41) is 21.7. The molecule has 2 fully saturated rings. The number of nitro groups is 1. The van der Waals surface area contributed by atoms with Gasteiger partial charge in [0.25, 0.3) is 5.69 Å². The van der Waals surface area contributed by atoms with Gasteiger partial charge in [0.05, 0.1) is 27.9 Å². The fourth-order valence-corrected chi connectivity index (χ4v) is 8.09. The molecule has 216 valence electrons. The van der Waals surface area contributed by atoms with Crippen LogP contribution >= 0.6 is 0 Å². The maximum Gasteiger partial charge on any atom is 0.269 e. The molecule has 1 saturated carbocycles. The van der Waals surface area contributed by atoms with E-state index in [0.29, 0.717) is 28.7 Å². The van der Waals surface area contributed by atoms with Crippen LogP contribution in [0.3, 0.4) is 0 Å². The van der Waals surface area contributed by atoms with Crippen LogP contribution in [0.5, 0.6) is 5.75 Å². The lowest BCUT2D eigenvalue weighted by molar-refractivity contribution is -0.384. The number of hydrogen-bond donors (Lipinski definition) is 1. The van der Waals surface area contributed by atoms with Crippen molar-refractivity contribution in [2.75, 3.05) is 4.90 Å². The van der Waals surface area contributed by atoms with Crippen molar-refractivity contribution in [3.8, 4) is 5.75 Å². The van der Waals surface area contributed by atoms with E-state index in [1.54, 1.807) is 27.7 Å². The number of aryl methyl sites for hydroxylation is 2. The largest absolute Gasteiger partial charge is 0.507 e. The average Bonchev–Trinajstić information content (AvgIpc) is 3.22. The number of phenols is 1. The Labute approximate surface area is 243 Å². The zero-order valence-electron chi connectivity index (χ0n) is 24.1. The van der Waals surface area contributed by atoms with E-state index in [1.165, 1.54) is 24.3 Å².